The monoisotopic (exact) mass is 154 g/mol. The fourth-order valence-corrected chi connectivity index (χ4v) is 0. The molecule has 2 nitrogen and oxygen atoms in total. The fraction of sp³-hybridized carbons (Fsp3) is 1.00. The largest absolute Gasteiger partial charge is 0.397 e. The molecule has 60 valence electrons. The van der Waals surface area contributed by atoms with E-state index in [0.29, 0.717) is 0 Å². The topological polar surface area (TPSA) is 37.3 Å². The number of aliphatic hydroxyl groups excluding tert-OH is 1. The standard InChI is InChI=1S/C4H12OS.C2H6O/c1-6(2,3,4)5;1-2-3/h1-4H3;3H,2H2,1H3. The van der Waals surface area contributed by atoms with Gasteiger partial charge in [-0.15, -0.1) is 9.07 Å². The summed E-state index contributed by atoms with van der Waals surface area (Å²) in [4.78, 5) is 0. The Morgan fingerprint density at radius 3 is 1.22 bits per heavy atom. The van der Waals surface area contributed by atoms with Gasteiger partial charge in [-0.1, -0.05) is 0 Å². The quantitative estimate of drug-likeness (QED) is 0.546. The van der Waals surface area contributed by atoms with Crippen LogP contribution in [0.5, 0.6) is 0 Å². The van der Waals surface area contributed by atoms with E-state index in [9.17, 15) is 4.21 Å². The maximum absolute atomic E-state index is 10.8. The van der Waals surface area contributed by atoms with Gasteiger partial charge in [-0.05, 0) is 31.9 Å². The molecule has 0 aromatic heterocycles. The first-order valence-corrected chi connectivity index (χ1v) is 6.42. The Morgan fingerprint density at radius 2 is 1.22 bits per heavy atom. The molecule has 0 rings (SSSR count). The molecular weight excluding hydrogens is 136 g/mol. The van der Waals surface area contributed by atoms with Crippen LogP contribution in [-0.2, 0) is 9.07 Å². The van der Waals surface area contributed by atoms with Gasteiger partial charge >= 0.3 is 0 Å². The van der Waals surface area contributed by atoms with Gasteiger partial charge in [0.1, 0.15) is 0 Å². The molecule has 0 aliphatic carbocycles. The highest BCUT2D eigenvalue weighted by Gasteiger charge is 2.05. The molecule has 0 radical (unpaired) electrons. The van der Waals surface area contributed by atoms with Crippen molar-refractivity contribution < 1.29 is 9.32 Å². The van der Waals surface area contributed by atoms with Gasteiger partial charge in [0.2, 0.25) is 0 Å². The van der Waals surface area contributed by atoms with E-state index in [1.54, 1.807) is 31.9 Å². The zero-order valence-electron chi connectivity index (χ0n) is 6.97. The third-order valence-corrected chi connectivity index (χ3v) is 0. The summed E-state index contributed by atoms with van der Waals surface area (Å²) >= 11 is 0. The molecule has 0 aromatic carbocycles. The van der Waals surface area contributed by atoms with Crippen LogP contribution in [0.2, 0.25) is 0 Å². The molecule has 0 unspecified atom stereocenters. The molecule has 0 fully saturated rings. The van der Waals surface area contributed by atoms with E-state index in [2.05, 4.69) is 0 Å². The fourth-order valence-electron chi connectivity index (χ4n) is 0. The Morgan fingerprint density at radius 1 is 1.22 bits per heavy atom. The van der Waals surface area contributed by atoms with Crippen LogP contribution in [-0.4, -0.2) is 40.9 Å². The summed E-state index contributed by atoms with van der Waals surface area (Å²) in [6, 6.07) is 0. The van der Waals surface area contributed by atoms with Gasteiger partial charge in [0, 0.05) is 6.61 Å². The van der Waals surface area contributed by atoms with Crippen molar-refractivity contribution in [2.24, 2.45) is 0 Å². The minimum atomic E-state index is -2.10. The zero-order chi connectivity index (χ0) is 8.15. The summed E-state index contributed by atoms with van der Waals surface area (Å²) in [5, 5.41) is 7.57. The van der Waals surface area contributed by atoms with Crippen molar-refractivity contribution in [1.82, 2.24) is 0 Å². The molecule has 1 N–H and O–H groups in total. The van der Waals surface area contributed by atoms with Crippen LogP contribution in [0, 0.1) is 0 Å². The van der Waals surface area contributed by atoms with E-state index in [0.717, 1.165) is 0 Å². The Balaban J connectivity index is 0. The second-order valence-electron chi connectivity index (χ2n) is 3.43. The van der Waals surface area contributed by atoms with Crippen molar-refractivity contribution in [3.05, 3.63) is 0 Å². The van der Waals surface area contributed by atoms with Crippen molar-refractivity contribution in [3.63, 3.8) is 0 Å². The lowest BCUT2D eigenvalue weighted by molar-refractivity contribution is 0.318. The van der Waals surface area contributed by atoms with E-state index < -0.39 is 9.07 Å². The third kappa shape index (κ3) is 25000. The highest BCUT2D eigenvalue weighted by atomic mass is 32.3. The molecule has 0 saturated carbocycles. The highest BCUT2D eigenvalue weighted by Crippen LogP contribution is 2.02. The minimum Gasteiger partial charge on any atom is -0.397 e. The first-order valence-electron chi connectivity index (χ1n) is 2.82. The first kappa shape index (κ1) is 11.9. The summed E-state index contributed by atoms with van der Waals surface area (Å²) in [6.45, 7) is 1.93. The molecule has 0 amide bonds. The molecule has 0 spiro atoms. The van der Waals surface area contributed by atoms with Crippen LogP contribution in [0.25, 0.3) is 0 Å². The van der Waals surface area contributed by atoms with E-state index >= 15 is 0 Å². The van der Waals surface area contributed by atoms with Gasteiger partial charge < -0.3 is 5.11 Å². The van der Waals surface area contributed by atoms with Gasteiger partial charge in [0.05, 0.1) is 0 Å². The number of hydrogen-bond donors (Lipinski definition) is 1. The number of rotatable bonds is 0. The summed E-state index contributed by atoms with van der Waals surface area (Å²) in [6.07, 6.45) is 7.04. The van der Waals surface area contributed by atoms with E-state index in [-0.39, 0.29) is 6.61 Å². The average Bonchev–Trinajstić information content (AvgIpc) is 1.23. The van der Waals surface area contributed by atoms with E-state index in [1.165, 1.54) is 0 Å². The second-order valence-corrected chi connectivity index (χ2v) is 9.66. The van der Waals surface area contributed by atoms with Crippen molar-refractivity contribution in [2.45, 2.75) is 6.92 Å². The maximum Gasteiger partial charge on any atom is 0.0402 e. The van der Waals surface area contributed by atoms with E-state index in [1.807, 2.05) is 0 Å². The van der Waals surface area contributed by atoms with Gasteiger partial charge in [0.15, 0.2) is 0 Å². The van der Waals surface area contributed by atoms with Gasteiger partial charge in [-0.2, -0.15) is 0 Å². The van der Waals surface area contributed by atoms with E-state index in [4.69, 9.17) is 5.11 Å². The van der Waals surface area contributed by atoms with Crippen molar-refractivity contribution >= 4 is 9.07 Å². The Bertz CT molecular complexity index is 99.5. The Hall–Kier alpha value is 0.110. The number of hydrogen-bond acceptors (Lipinski definition) is 2. The second kappa shape index (κ2) is 3.32. The van der Waals surface area contributed by atoms with Gasteiger partial charge in [-0.25, -0.2) is 0 Å². The molecule has 0 aliphatic heterocycles. The molecule has 0 heterocycles. The molecule has 3 heteroatoms. The SMILES string of the molecule is CCO.CS(C)(C)(C)=O. The normalized spacial score (nSPS) is 14.7. The lowest BCUT2D eigenvalue weighted by atomic mass is 10.9. The summed E-state index contributed by atoms with van der Waals surface area (Å²) in [7, 11) is -2.10. The van der Waals surface area contributed by atoms with Crippen molar-refractivity contribution in [3.8, 4) is 0 Å². The molecule has 0 saturated heterocycles. The van der Waals surface area contributed by atoms with Gasteiger partial charge in [0.25, 0.3) is 0 Å². The first-order chi connectivity index (χ1) is 3.65. The Labute approximate surface area is 57.7 Å². The zero-order valence-corrected chi connectivity index (χ0v) is 7.79. The molecule has 9 heavy (non-hydrogen) atoms. The lowest BCUT2D eigenvalue weighted by Crippen LogP contribution is -2.23. The molecular formula is C6H18O2S. The van der Waals surface area contributed by atoms with Gasteiger partial charge in [-0.3, -0.25) is 4.21 Å². The van der Waals surface area contributed by atoms with Crippen molar-refractivity contribution in [2.75, 3.05) is 31.6 Å². The molecule has 0 atom stereocenters. The predicted molar refractivity (Wildman–Crippen MR) is 44.6 cm³/mol. The van der Waals surface area contributed by atoms with Crippen LogP contribution < -0.4 is 0 Å². The van der Waals surface area contributed by atoms with Crippen molar-refractivity contribution in [1.29, 1.82) is 0 Å². The maximum atomic E-state index is 10.8. The summed E-state index contributed by atoms with van der Waals surface area (Å²) in [5.74, 6) is 0. The van der Waals surface area contributed by atoms with Crippen LogP contribution in [0.15, 0.2) is 0 Å². The smallest absolute Gasteiger partial charge is 0.0402 e. The van der Waals surface area contributed by atoms with Crippen LogP contribution >= 0.6 is 0 Å². The lowest BCUT2D eigenvalue weighted by Gasteiger charge is -2.19. The average molecular weight is 154 g/mol. The highest BCUT2D eigenvalue weighted by molar-refractivity contribution is 8.17. The molecule has 0 bridgehead atoms. The van der Waals surface area contributed by atoms with Crippen LogP contribution in [0.1, 0.15) is 6.92 Å². The third-order valence-electron chi connectivity index (χ3n) is 0. The minimum absolute atomic E-state index is 0.250. The summed E-state index contributed by atoms with van der Waals surface area (Å²) < 4.78 is 10.8. The molecule has 0 aromatic rings. The molecule has 0 aliphatic rings. The van der Waals surface area contributed by atoms with Crippen LogP contribution in [0.3, 0.4) is 0 Å². The Kier molecular flexibility index (Phi) is 4.37. The number of aliphatic hydroxyl groups is 1. The summed E-state index contributed by atoms with van der Waals surface area (Å²) in [5.41, 5.74) is 0. The van der Waals surface area contributed by atoms with Crippen LogP contribution in [0.4, 0.5) is 0 Å². The predicted octanol–water partition coefficient (Wildman–Crippen LogP) is 0.324.